The van der Waals surface area contributed by atoms with Crippen LogP contribution in [0.3, 0.4) is 0 Å². The predicted octanol–water partition coefficient (Wildman–Crippen LogP) is 3.72. The highest BCUT2D eigenvalue weighted by molar-refractivity contribution is 9.11. The second-order valence-corrected chi connectivity index (χ2v) is 7.12. The zero-order chi connectivity index (χ0) is 14.0. The Morgan fingerprint density at radius 1 is 1.05 bits per heavy atom. The minimum absolute atomic E-state index is 0.0963. The van der Waals surface area contributed by atoms with E-state index in [1.807, 2.05) is 0 Å². The van der Waals surface area contributed by atoms with E-state index in [0.29, 0.717) is 4.47 Å². The van der Waals surface area contributed by atoms with Gasteiger partial charge in [-0.15, -0.1) is 0 Å². The van der Waals surface area contributed by atoms with Crippen molar-refractivity contribution in [2.24, 2.45) is 0 Å². The first-order chi connectivity index (χ1) is 8.90. The molecule has 0 fully saturated rings. The zero-order valence-corrected chi connectivity index (χ0v) is 13.5. The Morgan fingerprint density at radius 2 is 1.74 bits per heavy atom. The second kappa shape index (κ2) is 5.52. The van der Waals surface area contributed by atoms with Crippen molar-refractivity contribution < 1.29 is 13.5 Å². The summed E-state index contributed by atoms with van der Waals surface area (Å²) < 4.78 is 28.0. The zero-order valence-electron chi connectivity index (χ0n) is 9.47. The molecule has 0 aliphatic heterocycles. The van der Waals surface area contributed by atoms with Gasteiger partial charge in [-0.2, -0.15) is 0 Å². The van der Waals surface area contributed by atoms with Crippen molar-refractivity contribution in [2.45, 2.75) is 4.90 Å². The van der Waals surface area contributed by atoms with Gasteiger partial charge in [0.2, 0.25) is 0 Å². The van der Waals surface area contributed by atoms with E-state index in [1.165, 1.54) is 18.2 Å². The Morgan fingerprint density at radius 3 is 2.37 bits per heavy atom. The Labute approximate surface area is 127 Å². The highest BCUT2D eigenvalue weighted by atomic mass is 79.9. The predicted molar refractivity (Wildman–Crippen MR) is 80.8 cm³/mol. The van der Waals surface area contributed by atoms with Crippen molar-refractivity contribution in [1.82, 2.24) is 0 Å². The third-order valence-electron chi connectivity index (χ3n) is 2.33. The number of hydrogen-bond donors (Lipinski definition) is 2. The second-order valence-electron chi connectivity index (χ2n) is 3.70. The van der Waals surface area contributed by atoms with Crippen molar-refractivity contribution in [3.8, 4) is 5.75 Å². The summed E-state index contributed by atoms with van der Waals surface area (Å²) in [5.41, 5.74) is 0.136. The normalized spacial score (nSPS) is 11.3. The molecule has 0 spiro atoms. The monoisotopic (exact) mass is 405 g/mol. The van der Waals surface area contributed by atoms with Crippen LogP contribution in [-0.4, -0.2) is 13.5 Å². The Bertz CT molecular complexity index is 717. The number of anilines is 1. The van der Waals surface area contributed by atoms with Gasteiger partial charge in [0.15, 0.2) is 0 Å². The summed E-state index contributed by atoms with van der Waals surface area (Å²) in [7, 11) is -3.76. The van der Waals surface area contributed by atoms with E-state index < -0.39 is 10.0 Å². The number of nitrogens with one attached hydrogen (secondary N) is 1. The maximum absolute atomic E-state index is 12.2. The lowest BCUT2D eigenvalue weighted by molar-refractivity contribution is 0.477. The number of phenolic OH excluding ortho intramolecular Hbond substituents is 1. The van der Waals surface area contributed by atoms with E-state index in [0.717, 1.165) is 4.47 Å². The molecule has 0 aliphatic carbocycles. The van der Waals surface area contributed by atoms with Gasteiger partial charge in [-0.3, -0.25) is 4.72 Å². The average Bonchev–Trinajstić information content (AvgIpc) is 2.31. The number of benzene rings is 2. The lowest BCUT2D eigenvalue weighted by Crippen LogP contribution is -2.13. The summed E-state index contributed by atoms with van der Waals surface area (Å²) in [5.74, 6) is -0.126. The van der Waals surface area contributed by atoms with Crippen LogP contribution < -0.4 is 4.72 Å². The van der Waals surface area contributed by atoms with E-state index in [2.05, 4.69) is 36.6 Å². The van der Waals surface area contributed by atoms with Gasteiger partial charge in [0.05, 0.1) is 5.69 Å². The van der Waals surface area contributed by atoms with E-state index >= 15 is 0 Å². The van der Waals surface area contributed by atoms with Gasteiger partial charge in [0, 0.05) is 8.95 Å². The summed E-state index contributed by atoms with van der Waals surface area (Å²) >= 11 is 6.46. The van der Waals surface area contributed by atoms with Crippen molar-refractivity contribution in [3.63, 3.8) is 0 Å². The fraction of sp³-hybridized carbons (Fsp3) is 0. The molecule has 0 amide bonds. The molecule has 0 bridgehead atoms. The van der Waals surface area contributed by atoms with Gasteiger partial charge in [-0.25, -0.2) is 8.42 Å². The largest absolute Gasteiger partial charge is 0.506 e. The third kappa shape index (κ3) is 3.29. The molecule has 7 heteroatoms. The van der Waals surface area contributed by atoms with Crippen LogP contribution in [0.1, 0.15) is 0 Å². The molecule has 0 radical (unpaired) electrons. The Hall–Kier alpha value is -1.05. The molecule has 2 N–H and O–H groups in total. The maximum Gasteiger partial charge on any atom is 0.263 e. The van der Waals surface area contributed by atoms with Gasteiger partial charge in [-0.05, 0) is 46.3 Å². The lowest BCUT2D eigenvalue weighted by atomic mass is 10.3. The van der Waals surface area contributed by atoms with Crippen LogP contribution >= 0.6 is 31.9 Å². The first-order valence-electron chi connectivity index (χ1n) is 5.16. The van der Waals surface area contributed by atoms with Gasteiger partial charge < -0.3 is 5.11 Å². The summed E-state index contributed by atoms with van der Waals surface area (Å²) in [4.78, 5) is 0.0963. The van der Waals surface area contributed by atoms with Gasteiger partial charge >= 0.3 is 0 Å². The molecule has 0 heterocycles. The molecule has 0 unspecified atom stereocenters. The van der Waals surface area contributed by atoms with E-state index in [4.69, 9.17) is 0 Å². The quantitative estimate of drug-likeness (QED) is 0.763. The smallest absolute Gasteiger partial charge is 0.263 e. The van der Waals surface area contributed by atoms with Gasteiger partial charge in [0.25, 0.3) is 10.0 Å². The fourth-order valence-electron chi connectivity index (χ4n) is 1.45. The van der Waals surface area contributed by atoms with Crippen LogP contribution in [-0.2, 0) is 10.0 Å². The molecular formula is C12H9Br2NO3S. The van der Waals surface area contributed by atoms with Crippen molar-refractivity contribution in [3.05, 3.63) is 51.4 Å². The van der Waals surface area contributed by atoms with Gasteiger partial charge in [-0.1, -0.05) is 28.1 Å². The molecular weight excluding hydrogens is 398 g/mol. The minimum Gasteiger partial charge on any atom is -0.506 e. The van der Waals surface area contributed by atoms with E-state index in [9.17, 15) is 13.5 Å². The van der Waals surface area contributed by atoms with E-state index in [1.54, 1.807) is 24.3 Å². The molecule has 0 aliphatic rings. The highest BCUT2D eigenvalue weighted by Gasteiger charge is 2.19. The number of halogens is 2. The number of hydrogen-bond acceptors (Lipinski definition) is 3. The van der Waals surface area contributed by atoms with Gasteiger partial charge in [0.1, 0.15) is 10.6 Å². The molecule has 0 saturated heterocycles. The summed E-state index contributed by atoms with van der Waals surface area (Å²) in [6.45, 7) is 0. The van der Waals surface area contributed by atoms with E-state index in [-0.39, 0.29) is 16.3 Å². The standard InChI is InChI=1S/C12H9Br2NO3S/c13-8-5-6-12(9(14)7-8)19(17,18)15-10-3-1-2-4-11(10)16/h1-7,15-16H. The molecule has 0 atom stereocenters. The topological polar surface area (TPSA) is 66.4 Å². The molecule has 2 aromatic rings. The minimum atomic E-state index is -3.76. The van der Waals surface area contributed by atoms with Crippen molar-refractivity contribution in [1.29, 1.82) is 0 Å². The maximum atomic E-state index is 12.2. The molecule has 100 valence electrons. The first kappa shape index (κ1) is 14.4. The number of para-hydroxylation sites is 2. The van der Waals surface area contributed by atoms with Crippen molar-refractivity contribution in [2.75, 3.05) is 4.72 Å². The van der Waals surface area contributed by atoms with Crippen LogP contribution in [0.4, 0.5) is 5.69 Å². The summed E-state index contributed by atoms with van der Waals surface area (Å²) in [5, 5.41) is 9.59. The average molecular weight is 407 g/mol. The molecule has 19 heavy (non-hydrogen) atoms. The first-order valence-corrected chi connectivity index (χ1v) is 8.23. The summed E-state index contributed by atoms with van der Waals surface area (Å²) in [6.07, 6.45) is 0. The Balaban J connectivity index is 2.41. The third-order valence-corrected chi connectivity index (χ3v) is 5.17. The summed E-state index contributed by atoms with van der Waals surface area (Å²) in [6, 6.07) is 10.9. The SMILES string of the molecule is O=S(=O)(Nc1ccccc1O)c1ccc(Br)cc1Br. The molecule has 2 rings (SSSR count). The van der Waals surface area contributed by atoms with Crippen LogP contribution in [0, 0.1) is 0 Å². The van der Waals surface area contributed by atoms with Crippen LogP contribution in [0.2, 0.25) is 0 Å². The number of aromatic hydroxyl groups is 1. The number of sulfonamides is 1. The lowest BCUT2D eigenvalue weighted by Gasteiger charge is -2.10. The molecule has 0 aromatic heterocycles. The van der Waals surface area contributed by atoms with Crippen LogP contribution in [0.25, 0.3) is 0 Å². The van der Waals surface area contributed by atoms with Crippen LogP contribution in [0.5, 0.6) is 5.75 Å². The Kier molecular flexibility index (Phi) is 4.17. The van der Waals surface area contributed by atoms with Crippen LogP contribution in [0.15, 0.2) is 56.3 Å². The molecule has 4 nitrogen and oxygen atoms in total. The fourth-order valence-corrected chi connectivity index (χ4v) is 4.27. The molecule has 2 aromatic carbocycles. The highest BCUT2D eigenvalue weighted by Crippen LogP contribution is 2.29. The number of rotatable bonds is 3. The van der Waals surface area contributed by atoms with Crippen molar-refractivity contribution >= 4 is 47.6 Å². The number of phenols is 1. The molecule has 0 saturated carbocycles.